The van der Waals surface area contributed by atoms with E-state index in [0.717, 1.165) is 13.5 Å². The maximum Gasteiger partial charge on any atom is 0.532 e. The van der Waals surface area contributed by atoms with Gasteiger partial charge in [-0.1, -0.05) is 0 Å². The molecule has 0 saturated carbocycles. The number of nitrogens with one attached hydrogen (secondary N) is 1. The number of hydrogen-bond acceptors (Lipinski definition) is 6. The predicted octanol–water partition coefficient (Wildman–Crippen LogP) is 0.275. The number of carboxylic acid groups (broad SMARTS) is 1. The van der Waals surface area contributed by atoms with Crippen molar-refractivity contribution >= 4 is 18.0 Å². The fourth-order valence-electron chi connectivity index (χ4n) is 1.14. The molecule has 0 aliphatic rings. The van der Waals surface area contributed by atoms with Gasteiger partial charge >= 0.3 is 12.1 Å². The number of ether oxygens (including phenoxy) is 1. The molecule has 0 saturated heterocycles. The first-order valence-corrected chi connectivity index (χ1v) is 5.49. The van der Waals surface area contributed by atoms with E-state index in [1.165, 1.54) is 6.92 Å². The van der Waals surface area contributed by atoms with Crippen LogP contribution >= 0.6 is 0 Å². The van der Waals surface area contributed by atoms with E-state index in [4.69, 9.17) is 10.8 Å². The molecular formula is C10H19N3O5. The summed E-state index contributed by atoms with van der Waals surface area (Å²) in [6, 6.07) is -0.884. The molecule has 0 bridgehead atoms. The molecule has 0 aromatic rings. The number of methoxy groups -OCH3 is 1. The van der Waals surface area contributed by atoms with E-state index < -0.39 is 18.2 Å². The SMILES string of the molecule is COC(=O)ONC(C)=N[C@@H](CCCCN)C(=O)O. The number of hydrogen-bond donors (Lipinski definition) is 3. The molecule has 104 valence electrons. The van der Waals surface area contributed by atoms with Gasteiger partial charge < -0.3 is 20.4 Å². The Hall–Kier alpha value is -1.83. The summed E-state index contributed by atoms with van der Waals surface area (Å²) in [5.74, 6) is -0.855. The monoisotopic (exact) mass is 261 g/mol. The van der Waals surface area contributed by atoms with Gasteiger partial charge in [-0.25, -0.2) is 15.1 Å². The van der Waals surface area contributed by atoms with E-state index in [0.29, 0.717) is 19.4 Å². The Morgan fingerprint density at radius 3 is 2.61 bits per heavy atom. The van der Waals surface area contributed by atoms with E-state index >= 15 is 0 Å². The fraction of sp³-hybridized carbons (Fsp3) is 0.700. The van der Waals surface area contributed by atoms with Crippen molar-refractivity contribution in [3.63, 3.8) is 0 Å². The molecule has 4 N–H and O–H groups in total. The zero-order chi connectivity index (χ0) is 14.0. The normalized spacial score (nSPS) is 12.7. The van der Waals surface area contributed by atoms with Crippen molar-refractivity contribution in [1.82, 2.24) is 5.48 Å². The molecule has 0 aliphatic carbocycles. The molecule has 0 unspecified atom stereocenters. The predicted molar refractivity (Wildman–Crippen MR) is 64.1 cm³/mol. The second-order valence-corrected chi connectivity index (χ2v) is 3.51. The van der Waals surface area contributed by atoms with Crippen LogP contribution in [0.1, 0.15) is 26.2 Å². The minimum Gasteiger partial charge on any atom is -0.480 e. The lowest BCUT2D eigenvalue weighted by Gasteiger charge is -2.10. The lowest BCUT2D eigenvalue weighted by Crippen LogP contribution is -2.28. The summed E-state index contributed by atoms with van der Waals surface area (Å²) in [6.45, 7) is 2.00. The van der Waals surface area contributed by atoms with Crippen molar-refractivity contribution in [2.45, 2.75) is 32.2 Å². The van der Waals surface area contributed by atoms with Gasteiger partial charge in [0.05, 0.1) is 7.11 Å². The minimum atomic E-state index is -1.04. The van der Waals surface area contributed by atoms with Gasteiger partial charge in [0, 0.05) is 0 Å². The van der Waals surface area contributed by atoms with Gasteiger partial charge in [-0.2, -0.15) is 0 Å². The van der Waals surface area contributed by atoms with Crippen molar-refractivity contribution in [3.05, 3.63) is 0 Å². The fourth-order valence-corrected chi connectivity index (χ4v) is 1.14. The number of carbonyl (C=O) groups excluding carboxylic acids is 1. The van der Waals surface area contributed by atoms with Gasteiger partial charge in [-0.15, -0.1) is 0 Å². The van der Waals surface area contributed by atoms with Gasteiger partial charge in [0.25, 0.3) is 0 Å². The van der Waals surface area contributed by atoms with E-state index in [9.17, 15) is 9.59 Å². The van der Waals surface area contributed by atoms with Crippen molar-refractivity contribution < 1.29 is 24.3 Å². The van der Waals surface area contributed by atoms with Gasteiger partial charge in [-0.3, -0.25) is 4.99 Å². The Labute approximate surface area is 105 Å². The van der Waals surface area contributed by atoms with Crippen molar-refractivity contribution in [2.24, 2.45) is 10.7 Å². The molecule has 0 rings (SSSR count). The van der Waals surface area contributed by atoms with Crippen LogP contribution < -0.4 is 11.2 Å². The third-order valence-electron chi connectivity index (χ3n) is 2.01. The Kier molecular flexibility index (Phi) is 8.29. The highest BCUT2D eigenvalue weighted by Crippen LogP contribution is 2.05. The molecule has 0 aromatic carbocycles. The van der Waals surface area contributed by atoms with Crippen molar-refractivity contribution in [2.75, 3.05) is 13.7 Å². The topological polar surface area (TPSA) is 123 Å². The second-order valence-electron chi connectivity index (χ2n) is 3.51. The Morgan fingerprint density at radius 2 is 2.11 bits per heavy atom. The van der Waals surface area contributed by atoms with Crippen LogP contribution in [0.3, 0.4) is 0 Å². The Balaban J connectivity index is 4.26. The molecule has 0 radical (unpaired) electrons. The third kappa shape index (κ3) is 7.44. The van der Waals surface area contributed by atoms with Gasteiger partial charge in [0.2, 0.25) is 0 Å². The quantitative estimate of drug-likeness (QED) is 0.206. The highest BCUT2D eigenvalue weighted by molar-refractivity contribution is 5.83. The number of nitrogens with two attached hydrogens (primary N) is 1. The lowest BCUT2D eigenvalue weighted by atomic mass is 10.1. The molecule has 0 aliphatic heterocycles. The van der Waals surface area contributed by atoms with E-state index in [2.05, 4.69) is 20.0 Å². The van der Waals surface area contributed by atoms with Gasteiger partial charge in [0.1, 0.15) is 11.9 Å². The average Bonchev–Trinajstić information content (AvgIpc) is 2.34. The summed E-state index contributed by atoms with van der Waals surface area (Å²) in [6.07, 6.45) is 0.857. The van der Waals surface area contributed by atoms with Crippen LogP contribution in [0.5, 0.6) is 0 Å². The molecular weight excluding hydrogens is 242 g/mol. The van der Waals surface area contributed by atoms with E-state index in [1.54, 1.807) is 0 Å². The van der Waals surface area contributed by atoms with Crippen LogP contribution in [0.25, 0.3) is 0 Å². The molecule has 0 heterocycles. The summed E-state index contributed by atoms with van der Waals surface area (Å²) < 4.78 is 4.22. The standard InChI is InChI=1S/C10H19N3O5/c1-7(13-18-10(16)17-2)12-8(9(14)15)5-3-4-6-11/h8H,3-6,11H2,1-2H3,(H,12,13)(H,14,15)/t8-/m0/s1. The van der Waals surface area contributed by atoms with Crippen LogP contribution in [-0.4, -0.2) is 42.8 Å². The largest absolute Gasteiger partial charge is 0.532 e. The smallest absolute Gasteiger partial charge is 0.480 e. The number of nitrogens with zero attached hydrogens (tertiary/aromatic N) is 1. The minimum absolute atomic E-state index is 0.181. The first kappa shape index (κ1) is 16.2. The summed E-state index contributed by atoms with van der Waals surface area (Å²) in [4.78, 5) is 29.9. The lowest BCUT2D eigenvalue weighted by molar-refractivity contribution is -0.138. The van der Waals surface area contributed by atoms with E-state index in [-0.39, 0.29) is 5.84 Å². The number of amidine groups is 1. The highest BCUT2D eigenvalue weighted by Gasteiger charge is 2.16. The number of aliphatic imine (C=N–C) groups is 1. The average molecular weight is 261 g/mol. The summed E-state index contributed by atoms with van der Waals surface area (Å²) in [5.41, 5.74) is 7.52. The van der Waals surface area contributed by atoms with Crippen molar-refractivity contribution in [3.8, 4) is 0 Å². The zero-order valence-corrected chi connectivity index (χ0v) is 10.5. The van der Waals surface area contributed by atoms with Crippen LogP contribution in [0.4, 0.5) is 4.79 Å². The zero-order valence-electron chi connectivity index (χ0n) is 10.5. The van der Waals surface area contributed by atoms with Crippen LogP contribution in [-0.2, 0) is 14.4 Å². The second kappa shape index (κ2) is 9.23. The van der Waals surface area contributed by atoms with E-state index in [1.807, 2.05) is 0 Å². The molecule has 0 fully saturated rings. The van der Waals surface area contributed by atoms with Crippen LogP contribution in [0.15, 0.2) is 4.99 Å². The maximum atomic E-state index is 10.9. The molecule has 0 aromatic heterocycles. The number of aliphatic carboxylic acids is 1. The molecule has 1 atom stereocenters. The maximum absolute atomic E-state index is 10.9. The number of rotatable bonds is 6. The Bertz CT molecular complexity index is 306. The van der Waals surface area contributed by atoms with Crippen LogP contribution in [0, 0.1) is 0 Å². The third-order valence-corrected chi connectivity index (χ3v) is 2.01. The van der Waals surface area contributed by atoms with Gasteiger partial charge in [-0.05, 0) is 32.7 Å². The first-order valence-electron chi connectivity index (χ1n) is 5.49. The highest BCUT2D eigenvalue weighted by atomic mass is 16.8. The van der Waals surface area contributed by atoms with Crippen molar-refractivity contribution in [1.29, 1.82) is 0 Å². The van der Waals surface area contributed by atoms with Gasteiger partial charge in [0.15, 0.2) is 0 Å². The molecule has 8 heteroatoms. The Morgan fingerprint density at radius 1 is 1.44 bits per heavy atom. The first-order chi connectivity index (χ1) is 8.51. The summed E-state index contributed by atoms with van der Waals surface area (Å²) in [7, 11) is 1.16. The number of unbranched alkanes of at least 4 members (excludes halogenated alkanes) is 1. The number of carbonyl (C=O) groups is 2. The number of hydroxylamine groups is 1. The summed E-state index contributed by atoms with van der Waals surface area (Å²) in [5, 5.41) is 8.95. The molecule has 18 heavy (non-hydrogen) atoms. The van der Waals surface area contributed by atoms with Crippen LogP contribution in [0.2, 0.25) is 0 Å². The number of carboxylic acids is 1. The molecule has 0 amide bonds. The molecule has 0 spiro atoms. The summed E-state index contributed by atoms with van der Waals surface area (Å²) >= 11 is 0. The molecule has 8 nitrogen and oxygen atoms in total.